The molecule has 6 nitrogen and oxygen atoms in total. The van der Waals surface area contributed by atoms with Gasteiger partial charge in [0.05, 0.1) is 30.9 Å². The van der Waals surface area contributed by atoms with Crippen LogP contribution in [0.2, 0.25) is 0 Å². The van der Waals surface area contributed by atoms with E-state index in [9.17, 15) is 9.59 Å². The van der Waals surface area contributed by atoms with E-state index in [4.69, 9.17) is 9.47 Å². The van der Waals surface area contributed by atoms with Crippen LogP contribution in [0.4, 0.5) is 0 Å². The molecular weight excluding hydrogens is 467 g/mol. The summed E-state index contributed by atoms with van der Waals surface area (Å²) in [5, 5.41) is 0.949. The van der Waals surface area contributed by atoms with Crippen LogP contribution in [0.3, 0.4) is 0 Å². The van der Waals surface area contributed by atoms with Crippen LogP contribution in [-0.4, -0.2) is 35.7 Å². The monoisotopic (exact) mass is 482 g/mol. The highest BCUT2D eigenvalue weighted by atomic mass is 127. The Morgan fingerprint density at radius 1 is 1.15 bits per heavy atom. The van der Waals surface area contributed by atoms with E-state index in [2.05, 4.69) is 32.6 Å². The minimum atomic E-state index is -0.213. The first-order valence-corrected chi connectivity index (χ1v) is 9.66. The molecule has 0 radical (unpaired) electrons. The normalized spacial score (nSPS) is 10.7. The summed E-state index contributed by atoms with van der Waals surface area (Å²) in [6.07, 6.45) is 0. The summed E-state index contributed by atoms with van der Waals surface area (Å²) in [7, 11) is 3.06. The Hall–Kier alpha value is -2.07. The third-order valence-corrected chi connectivity index (χ3v) is 5.24. The minimum absolute atomic E-state index is 0.0960. The van der Waals surface area contributed by atoms with Crippen LogP contribution in [0.25, 0.3) is 10.9 Å². The summed E-state index contributed by atoms with van der Waals surface area (Å²) in [6, 6.07) is 10.5. The molecule has 2 aromatic carbocycles. The van der Waals surface area contributed by atoms with Gasteiger partial charge in [0.2, 0.25) is 0 Å². The molecule has 134 valence electrons. The highest BCUT2D eigenvalue weighted by Gasteiger charge is 2.13. The van der Waals surface area contributed by atoms with Crippen molar-refractivity contribution in [3.05, 3.63) is 55.9 Å². The van der Waals surface area contributed by atoms with Gasteiger partial charge in [0.15, 0.2) is 22.4 Å². The van der Waals surface area contributed by atoms with Gasteiger partial charge in [0, 0.05) is 9.13 Å². The van der Waals surface area contributed by atoms with Gasteiger partial charge >= 0.3 is 0 Å². The lowest BCUT2D eigenvalue weighted by Crippen LogP contribution is -2.11. The number of methoxy groups -OCH3 is 2. The molecule has 0 atom stereocenters. The summed E-state index contributed by atoms with van der Waals surface area (Å²) >= 11 is 3.34. The molecule has 8 heteroatoms. The van der Waals surface area contributed by atoms with Gasteiger partial charge in [-0.2, -0.15) is 0 Å². The Morgan fingerprint density at radius 2 is 1.92 bits per heavy atom. The third-order valence-electron chi connectivity index (χ3n) is 3.69. The van der Waals surface area contributed by atoms with Crippen molar-refractivity contribution >= 4 is 51.0 Å². The van der Waals surface area contributed by atoms with Crippen molar-refractivity contribution in [2.75, 3.05) is 20.0 Å². The van der Waals surface area contributed by atoms with Crippen LogP contribution in [0.1, 0.15) is 10.4 Å². The number of rotatable bonds is 6. The number of ketones is 1. The second-order valence-corrected chi connectivity index (χ2v) is 7.52. The predicted molar refractivity (Wildman–Crippen MR) is 110 cm³/mol. The van der Waals surface area contributed by atoms with E-state index in [1.807, 2.05) is 6.07 Å². The van der Waals surface area contributed by atoms with Crippen LogP contribution < -0.4 is 15.0 Å². The average molecular weight is 482 g/mol. The van der Waals surface area contributed by atoms with E-state index in [-0.39, 0.29) is 17.1 Å². The summed E-state index contributed by atoms with van der Waals surface area (Å²) in [5.41, 5.74) is 0.901. The van der Waals surface area contributed by atoms with Gasteiger partial charge in [0.25, 0.3) is 5.56 Å². The zero-order valence-corrected chi connectivity index (χ0v) is 17.0. The Kier molecular flexibility index (Phi) is 5.82. The van der Waals surface area contributed by atoms with Gasteiger partial charge in [-0.3, -0.25) is 9.59 Å². The molecule has 0 amide bonds. The first-order chi connectivity index (χ1) is 12.5. The topological polar surface area (TPSA) is 81.3 Å². The molecule has 1 heterocycles. The van der Waals surface area contributed by atoms with Gasteiger partial charge in [-0.1, -0.05) is 11.8 Å². The Labute approximate surface area is 167 Å². The van der Waals surface area contributed by atoms with Gasteiger partial charge in [0.1, 0.15) is 0 Å². The van der Waals surface area contributed by atoms with Crippen molar-refractivity contribution in [2.24, 2.45) is 0 Å². The summed E-state index contributed by atoms with van der Waals surface area (Å²) in [4.78, 5) is 31.8. The number of benzene rings is 2. The van der Waals surface area contributed by atoms with Crippen LogP contribution in [0.15, 0.2) is 46.3 Å². The average Bonchev–Trinajstić information content (AvgIpc) is 2.66. The summed E-state index contributed by atoms with van der Waals surface area (Å²) in [6.45, 7) is 0. The van der Waals surface area contributed by atoms with Crippen LogP contribution in [-0.2, 0) is 0 Å². The molecule has 0 aliphatic carbocycles. The third kappa shape index (κ3) is 4.01. The highest BCUT2D eigenvalue weighted by molar-refractivity contribution is 14.1. The second kappa shape index (κ2) is 8.09. The largest absolute Gasteiger partial charge is 0.493 e. The smallest absolute Gasteiger partial charge is 0.259 e. The molecule has 1 N–H and O–H groups in total. The number of H-pyrrole nitrogens is 1. The molecule has 0 spiro atoms. The second-order valence-electron chi connectivity index (χ2n) is 5.31. The molecule has 0 saturated heterocycles. The molecule has 3 aromatic rings. The molecule has 1 aromatic heterocycles. The number of carbonyl (C=O) groups excluding carboxylic acids is 1. The molecule has 0 unspecified atom stereocenters. The summed E-state index contributed by atoms with van der Waals surface area (Å²) < 4.78 is 11.4. The van der Waals surface area contributed by atoms with Crippen molar-refractivity contribution in [2.45, 2.75) is 5.16 Å². The highest BCUT2D eigenvalue weighted by Crippen LogP contribution is 2.28. The van der Waals surface area contributed by atoms with E-state index in [0.29, 0.717) is 33.1 Å². The Balaban J connectivity index is 1.78. The van der Waals surface area contributed by atoms with Gasteiger partial charge in [-0.15, -0.1) is 0 Å². The lowest BCUT2D eigenvalue weighted by atomic mass is 10.1. The number of nitrogens with zero attached hydrogens (tertiary/aromatic N) is 1. The summed E-state index contributed by atoms with van der Waals surface area (Å²) in [5.74, 6) is 1.11. The molecule has 0 aliphatic heterocycles. The number of aromatic amines is 1. The van der Waals surface area contributed by atoms with Crippen LogP contribution in [0, 0.1) is 3.57 Å². The number of hydrogen-bond donors (Lipinski definition) is 1. The quantitative estimate of drug-likeness (QED) is 0.251. The lowest BCUT2D eigenvalue weighted by Gasteiger charge is -2.09. The first kappa shape index (κ1) is 18.7. The van der Waals surface area contributed by atoms with Gasteiger partial charge in [-0.05, 0) is 59.0 Å². The fourth-order valence-corrected chi connectivity index (χ4v) is 3.64. The number of halogens is 1. The van der Waals surface area contributed by atoms with Crippen molar-refractivity contribution in [3.63, 3.8) is 0 Å². The first-order valence-electron chi connectivity index (χ1n) is 7.59. The molecule has 0 saturated carbocycles. The zero-order chi connectivity index (χ0) is 18.7. The maximum Gasteiger partial charge on any atom is 0.259 e. The molecule has 0 bridgehead atoms. The van der Waals surface area contributed by atoms with Crippen molar-refractivity contribution in [3.8, 4) is 11.5 Å². The van der Waals surface area contributed by atoms with Gasteiger partial charge < -0.3 is 14.5 Å². The molecule has 0 fully saturated rings. The Morgan fingerprint density at radius 3 is 2.65 bits per heavy atom. The number of fused-ring (bicyclic) bond motifs is 1. The maximum absolute atomic E-state index is 12.4. The van der Waals surface area contributed by atoms with E-state index < -0.39 is 0 Å². The van der Waals surface area contributed by atoms with E-state index >= 15 is 0 Å². The number of hydrogen-bond acceptors (Lipinski definition) is 6. The molecule has 3 rings (SSSR count). The number of Topliss-reactive ketones (excluding diaryl/α,β-unsaturated/α-hetero) is 1. The standard InChI is InChI=1S/C18H15IN2O4S/c1-24-15-6-3-10(7-16(15)25-2)14(22)9-26-18-20-13-5-4-11(19)8-12(13)17(23)21-18/h3-8H,9H2,1-2H3,(H,20,21,23). The fraction of sp³-hybridized carbons (Fsp3) is 0.167. The number of thioether (sulfide) groups is 1. The van der Waals surface area contributed by atoms with Crippen molar-refractivity contribution in [1.29, 1.82) is 0 Å². The fourth-order valence-electron chi connectivity index (χ4n) is 2.38. The van der Waals surface area contributed by atoms with E-state index in [0.717, 1.165) is 3.57 Å². The zero-order valence-electron chi connectivity index (χ0n) is 14.0. The predicted octanol–water partition coefficient (Wildman–Crippen LogP) is 3.52. The molecule has 0 aliphatic rings. The van der Waals surface area contributed by atoms with E-state index in [1.165, 1.54) is 26.0 Å². The number of nitrogens with one attached hydrogen (secondary N) is 1. The SMILES string of the molecule is COc1ccc(C(=O)CSc2nc3ccc(I)cc3c(=O)[nH]2)cc1OC. The lowest BCUT2D eigenvalue weighted by molar-refractivity contribution is 0.102. The Bertz CT molecular complexity index is 1040. The number of ether oxygens (including phenoxy) is 2. The molecule has 26 heavy (non-hydrogen) atoms. The van der Waals surface area contributed by atoms with Crippen LogP contribution in [0.5, 0.6) is 11.5 Å². The maximum atomic E-state index is 12.4. The van der Waals surface area contributed by atoms with Gasteiger partial charge in [-0.25, -0.2) is 4.98 Å². The van der Waals surface area contributed by atoms with E-state index in [1.54, 1.807) is 30.3 Å². The molecular formula is C18H15IN2O4S. The van der Waals surface area contributed by atoms with Crippen molar-refractivity contribution in [1.82, 2.24) is 9.97 Å². The number of aromatic nitrogens is 2. The minimum Gasteiger partial charge on any atom is -0.493 e. The van der Waals surface area contributed by atoms with Crippen molar-refractivity contribution < 1.29 is 14.3 Å². The van der Waals surface area contributed by atoms with Crippen LogP contribution >= 0.6 is 34.4 Å². The number of carbonyl (C=O) groups is 1.